The Balaban J connectivity index is 1.66. The van der Waals surface area contributed by atoms with E-state index in [0.29, 0.717) is 16.5 Å². The standard InChI is InChI=1S/C15H16ClN3O/c16-13-4-2-1-3-12(13)15(20)19-9-5-11(6-10-19)14-17-7-8-18-14/h1-4,7-8,11H,5-6,9-10H2,(H,17,18). The van der Waals surface area contributed by atoms with Crippen molar-refractivity contribution < 1.29 is 4.79 Å². The van der Waals surface area contributed by atoms with Crippen LogP contribution in [0.25, 0.3) is 0 Å². The number of H-pyrrole nitrogens is 1. The molecule has 3 rings (SSSR count). The zero-order valence-electron chi connectivity index (χ0n) is 11.1. The Morgan fingerprint density at radius 1 is 1.30 bits per heavy atom. The number of nitrogens with zero attached hydrogens (tertiary/aromatic N) is 2. The van der Waals surface area contributed by atoms with Crippen molar-refractivity contribution in [1.29, 1.82) is 0 Å². The van der Waals surface area contributed by atoms with Crippen LogP contribution in [0.15, 0.2) is 36.7 Å². The summed E-state index contributed by atoms with van der Waals surface area (Å²) in [6.07, 6.45) is 5.49. The fourth-order valence-electron chi connectivity index (χ4n) is 2.66. The molecule has 1 saturated heterocycles. The van der Waals surface area contributed by atoms with Crippen molar-refractivity contribution in [2.24, 2.45) is 0 Å². The number of hydrogen-bond donors (Lipinski definition) is 1. The number of imidazole rings is 1. The summed E-state index contributed by atoms with van der Waals surface area (Å²) in [7, 11) is 0. The lowest BCUT2D eigenvalue weighted by Crippen LogP contribution is -2.38. The van der Waals surface area contributed by atoms with Crippen LogP contribution >= 0.6 is 11.6 Å². The Hall–Kier alpha value is -1.81. The Labute approximate surface area is 122 Å². The quantitative estimate of drug-likeness (QED) is 0.923. The molecule has 1 N–H and O–H groups in total. The van der Waals surface area contributed by atoms with Crippen LogP contribution in [0.1, 0.15) is 34.9 Å². The van der Waals surface area contributed by atoms with Gasteiger partial charge in [-0.2, -0.15) is 0 Å². The predicted octanol–water partition coefficient (Wildman–Crippen LogP) is 3.08. The Bertz CT molecular complexity index is 589. The molecule has 1 aromatic carbocycles. The zero-order valence-corrected chi connectivity index (χ0v) is 11.8. The van der Waals surface area contributed by atoms with E-state index >= 15 is 0 Å². The van der Waals surface area contributed by atoms with E-state index in [2.05, 4.69) is 9.97 Å². The summed E-state index contributed by atoms with van der Waals surface area (Å²) in [5.74, 6) is 1.46. The molecule has 104 valence electrons. The minimum Gasteiger partial charge on any atom is -0.348 e. The maximum atomic E-state index is 12.4. The van der Waals surface area contributed by atoms with Gasteiger partial charge in [-0.1, -0.05) is 23.7 Å². The SMILES string of the molecule is O=C(c1ccccc1Cl)N1CCC(c2ncc[nH]2)CC1. The summed E-state index contributed by atoms with van der Waals surface area (Å²) >= 11 is 6.09. The molecule has 20 heavy (non-hydrogen) atoms. The molecule has 0 aliphatic carbocycles. The summed E-state index contributed by atoms with van der Waals surface area (Å²) in [5.41, 5.74) is 0.589. The second kappa shape index (κ2) is 5.67. The van der Waals surface area contributed by atoms with Crippen molar-refractivity contribution in [2.45, 2.75) is 18.8 Å². The van der Waals surface area contributed by atoms with Crippen molar-refractivity contribution in [3.8, 4) is 0 Å². The van der Waals surface area contributed by atoms with E-state index in [9.17, 15) is 4.79 Å². The highest BCUT2D eigenvalue weighted by molar-refractivity contribution is 6.33. The van der Waals surface area contributed by atoms with E-state index in [4.69, 9.17) is 11.6 Å². The van der Waals surface area contributed by atoms with Crippen LogP contribution in [-0.2, 0) is 0 Å². The Kier molecular flexibility index (Phi) is 3.74. The van der Waals surface area contributed by atoms with Gasteiger partial charge in [0.2, 0.25) is 0 Å². The van der Waals surface area contributed by atoms with Crippen LogP contribution in [0.4, 0.5) is 0 Å². The fraction of sp³-hybridized carbons (Fsp3) is 0.333. The number of carbonyl (C=O) groups excluding carboxylic acids is 1. The number of amides is 1. The summed E-state index contributed by atoms with van der Waals surface area (Å²) in [6.45, 7) is 1.49. The summed E-state index contributed by atoms with van der Waals surface area (Å²) < 4.78 is 0. The highest BCUT2D eigenvalue weighted by Crippen LogP contribution is 2.27. The number of aromatic amines is 1. The molecular formula is C15H16ClN3O. The lowest BCUT2D eigenvalue weighted by molar-refractivity contribution is 0.0711. The van der Waals surface area contributed by atoms with Gasteiger partial charge in [-0.05, 0) is 25.0 Å². The van der Waals surface area contributed by atoms with Crippen molar-refractivity contribution >= 4 is 17.5 Å². The van der Waals surface area contributed by atoms with Crippen molar-refractivity contribution in [3.05, 3.63) is 53.1 Å². The molecule has 1 amide bonds. The molecule has 2 aromatic rings. The van der Waals surface area contributed by atoms with Gasteiger partial charge < -0.3 is 9.88 Å². The first-order valence-corrected chi connectivity index (χ1v) is 7.16. The van der Waals surface area contributed by atoms with Crippen LogP contribution in [-0.4, -0.2) is 33.9 Å². The molecule has 4 nitrogen and oxygen atoms in total. The lowest BCUT2D eigenvalue weighted by Gasteiger charge is -2.31. The van der Waals surface area contributed by atoms with E-state index in [-0.39, 0.29) is 5.91 Å². The minimum atomic E-state index is 0.0218. The van der Waals surface area contributed by atoms with E-state index in [1.165, 1.54) is 0 Å². The fourth-order valence-corrected chi connectivity index (χ4v) is 2.88. The zero-order chi connectivity index (χ0) is 13.9. The van der Waals surface area contributed by atoms with Gasteiger partial charge in [-0.15, -0.1) is 0 Å². The topological polar surface area (TPSA) is 49.0 Å². The van der Waals surface area contributed by atoms with Gasteiger partial charge in [-0.25, -0.2) is 4.98 Å². The normalized spacial score (nSPS) is 16.4. The number of rotatable bonds is 2. The third kappa shape index (κ3) is 2.56. The average molecular weight is 290 g/mol. The van der Waals surface area contributed by atoms with Gasteiger partial charge in [0.15, 0.2) is 0 Å². The largest absolute Gasteiger partial charge is 0.348 e. The van der Waals surface area contributed by atoms with Crippen molar-refractivity contribution in [2.75, 3.05) is 13.1 Å². The Morgan fingerprint density at radius 3 is 2.70 bits per heavy atom. The number of hydrogen-bond acceptors (Lipinski definition) is 2. The smallest absolute Gasteiger partial charge is 0.255 e. The first kappa shape index (κ1) is 13.2. The second-order valence-corrected chi connectivity index (χ2v) is 5.43. The van der Waals surface area contributed by atoms with E-state index in [1.54, 1.807) is 18.3 Å². The summed E-state index contributed by atoms with van der Waals surface area (Å²) in [6, 6.07) is 7.21. The first-order valence-electron chi connectivity index (χ1n) is 6.79. The summed E-state index contributed by atoms with van der Waals surface area (Å²) in [5, 5.41) is 0.519. The number of nitrogens with one attached hydrogen (secondary N) is 1. The van der Waals surface area contributed by atoms with Gasteiger partial charge in [0.05, 0.1) is 10.6 Å². The van der Waals surface area contributed by atoms with E-state index in [1.807, 2.05) is 23.2 Å². The van der Waals surface area contributed by atoms with Crippen LogP contribution < -0.4 is 0 Å². The molecule has 1 fully saturated rings. The highest BCUT2D eigenvalue weighted by Gasteiger charge is 2.26. The average Bonchev–Trinajstić information content (AvgIpc) is 3.01. The number of halogens is 1. The third-order valence-corrected chi connectivity index (χ3v) is 4.12. The Morgan fingerprint density at radius 2 is 2.05 bits per heavy atom. The molecule has 5 heteroatoms. The monoisotopic (exact) mass is 289 g/mol. The predicted molar refractivity (Wildman–Crippen MR) is 77.9 cm³/mol. The third-order valence-electron chi connectivity index (χ3n) is 3.79. The molecule has 1 aromatic heterocycles. The lowest BCUT2D eigenvalue weighted by atomic mass is 9.95. The van der Waals surface area contributed by atoms with Crippen LogP contribution in [0, 0.1) is 0 Å². The van der Waals surface area contributed by atoms with Gasteiger partial charge in [0.1, 0.15) is 5.82 Å². The maximum Gasteiger partial charge on any atom is 0.255 e. The van der Waals surface area contributed by atoms with Gasteiger partial charge in [-0.3, -0.25) is 4.79 Å². The maximum absolute atomic E-state index is 12.4. The number of carbonyl (C=O) groups is 1. The molecule has 0 spiro atoms. The number of aromatic nitrogens is 2. The molecule has 2 heterocycles. The second-order valence-electron chi connectivity index (χ2n) is 5.02. The number of benzene rings is 1. The van der Waals surface area contributed by atoms with E-state index in [0.717, 1.165) is 31.8 Å². The minimum absolute atomic E-state index is 0.0218. The first-order chi connectivity index (χ1) is 9.75. The highest BCUT2D eigenvalue weighted by atomic mass is 35.5. The summed E-state index contributed by atoms with van der Waals surface area (Å²) in [4.78, 5) is 21.8. The number of piperidine rings is 1. The molecule has 1 aliphatic heterocycles. The van der Waals surface area contributed by atoms with Gasteiger partial charge in [0, 0.05) is 31.4 Å². The van der Waals surface area contributed by atoms with Crippen LogP contribution in [0.3, 0.4) is 0 Å². The molecule has 0 atom stereocenters. The van der Waals surface area contributed by atoms with Crippen LogP contribution in [0.5, 0.6) is 0 Å². The van der Waals surface area contributed by atoms with E-state index < -0.39 is 0 Å². The molecular weight excluding hydrogens is 274 g/mol. The molecule has 1 aliphatic rings. The number of likely N-dealkylation sites (tertiary alicyclic amines) is 1. The molecule has 0 saturated carbocycles. The molecule has 0 bridgehead atoms. The molecule has 0 radical (unpaired) electrons. The van der Waals surface area contributed by atoms with Crippen molar-refractivity contribution in [3.63, 3.8) is 0 Å². The van der Waals surface area contributed by atoms with Crippen LogP contribution in [0.2, 0.25) is 5.02 Å². The van der Waals surface area contributed by atoms with Gasteiger partial charge >= 0.3 is 0 Å². The van der Waals surface area contributed by atoms with Crippen molar-refractivity contribution in [1.82, 2.24) is 14.9 Å². The molecule has 0 unspecified atom stereocenters. The van der Waals surface area contributed by atoms with Gasteiger partial charge in [0.25, 0.3) is 5.91 Å².